The van der Waals surface area contributed by atoms with E-state index in [1.54, 1.807) is 0 Å². The van der Waals surface area contributed by atoms with Gasteiger partial charge in [-0.1, -0.05) is 27.7 Å². The van der Waals surface area contributed by atoms with Gasteiger partial charge < -0.3 is 9.80 Å². The van der Waals surface area contributed by atoms with Crippen LogP contribution in [0, 0.1) is 5.41 Å². The molecular formula is C13H28N2. The SMILES string of the molecule is CCCN1CCN(CCC(C)(C)C)CC1. The Labute approximate surface area is 95.6 Å². The molecule has 1 fully saturated rings. The van der Waals surface area contributed by atoms with E-state index < -0.39 is 0 Å². The van der Waals surface area contributed by atoms with Crippen molar-refractivity contribution in [3.63, 3.8) is 0 Å². The maximum absolute atomic E-state index is 2.62. The van der Waals surface area contributed by atoms with Gasteiger partial charge in [-0.2, -0.15) is 0 Å². The Kier molecular flexibility index (Phi) is 5.07. The minimum Gasteiger partial charge on any atom is -0.301 e. The highest BCUT2D eigenvalue weighted by Gasteiger charge is 2.18. The van der Waals surface area contributed by atoms with E-state index in [9.17, 15) is 0 Å². The molecule has 0 spiro atoms. The topological polar surface area (TPSA) is 6.48 Å². The van der Waals surface area contributed by atoms with Crippen LogP contribution in [0.1, 0.15) is 40.5 Å². The third kappa shape index (κ3) is 5.53. The van der Waals surface area contributed by atoms with Gasteiger partial charge in [-0.05, 0) is 31.3 Å². The van der Waals surface area contributed by atoms with Crippen LogP contribution in [0.3, 0.4) is 0 Å². The second kappa shape index (κ2) is 5.86. The lowest BCUT2D eigenvalue weighted by Gasteiger charge is -2.35. The molecule has 1 saturated heterocycles. The van der Waals surface area contributed by atoms with Crippen LogP contribution in [0.5, 0.6) is 0 Å². The second-order valence-electron chi connectivity index (χ2n) is 5.99. The van der Waals surface area contributed by atoms with Crippen molar-refractivity contribution in [1.82, 2.24) is 9.80 Å². The number of piperazine rings is 1. The maximum atomic E-state index is 2.62. The summed E-state index contributed by atoms with van der Waals surface area (Å²) >= 11 is 0. The third-order valence-corrected chi connectivity index (χ3v) is 3.18. The minimum atomic E-state index is 0.487. The van der Waals surface area contributed by atoms with Crippen LogP contribution in [0.15, 0.2) is 0 Å². The first-order chi connectivity index (χ1) is 7.01. The molecule has 0 aromatic carbocycles. The zero-order chi connectivity index (χ0) is 11.3. The fourth-order valence-electron chi connectivity index (χ4n) is 2.05. The molecule has 15 heavy (non-hydrogen) atoms. The third-order valence-electron chi connectivity index (χ3n) is 3.18. The van der Waals surface area contributed by atoms with Crippen molar-refractivity contribution in [2.24, 2.45) is 5.41 Å². The molecule has 0 amide bonds. The monoisotopic (exact) mass is 212 g/mol. The van der Waals surface area contributed by atoms with E-state index >= 15 is 0 Å². The largest absolute Gasteiger partial charge is 0.301 e. The molecule has 90 valence electrons. The van der Waals surface area contributed by atoms with Crippen molar-refractivity contribution in [3.05, 3.63) is 0 Å². The predicted molar refractivity (Wildman–Crippen MR) is 67.2 cm³/mol. The van der Waals surface area contributed by atoms with Crippen molar-refractivity contribution in [2.45, 2.75) is 40.5 Å². The lowest BCUT2D eigenvalue weighted by Crippen LogP contribution is -2.47. The molecule has 1 rings (SSSR count). The average Bonchev–Trinajstić information content (AvgIpc) is 2.16. The van der Waals surface area contributed by atoms with Crippen LogP contribution in [0.2, 0.25) is 0 Å². The first-order valence-electron chi connectivity index (χ1n) is 6.46. The molecule has 2 nitrogen and oxygen atoms in total. The lowest BCUT2D eigenvalue weighted by molar-refractivity contribution is 0.121. The van der Waals surface area contributed by atoms with E-state index in [4.69, 9.17) is 0 Å². The Balaban J connectivity index is 2.15. The molecular weight excluding hydrogens is 184 g/mol. The van der Waals surface area contributed by atoms with Crippen molar-refractivity contribution < 1.29 is 0 Å². The second-order valence-corrected chi connectivity index (χ2v) is 5.99. The Bertz CT molecular complexity index is 164. The molecule has 0 unspecified atom stereocenters. The van der Waals surface area contributed by atoms with Crippen molar-refractivity contribution in [1.29, 1.82) is 0 Å². The van der Waals surface area contributed by atoms with Gasteiger partial charge in [0.15, 0.2) is 0 Å². The fourth-order valence-corrected chi connectivity index (χ4v) is 2.05. The molecule has 1 aliphatic heterocycles. The fraction of sp³-hybridized carbons (Fsp3) is 1.00. The Morgan fingerprint density at radius 3 is 1.73 bits per heavy atom. The number of hydrogen-bond acceptors (Lipinski definition) is 2. The first-order valence-corrected chi connectivity index (χ1v) is 6.46. The van der Waals surface area contributed by atoms with Gasteiger partial charge >= 0.3 is 0 Å². The summed E-state index contributed by atoms with van der Waals surface area (Å²) in [6.45, 7) is 16.9. The minimum absolute atomic E-state index is 0.487. The van der Waals surface area contributed by atoms with Crippen molar-refractivity contribution in [2.75, 3.05) is 39.3 Å². The van der Waals surface area contributed by atoms with Gasteiger partial charge in [-0.3, -0.25) is 0 Å². The molecule has 0 aromatic rings. The first kappa shape index (κ1) is 13.0. The van der Waals surface area contributed by atoms with Gasteiger partial charge in [0, 0.05) is 26.2 Å². The summed E-state index contributed by atoms with van der Waals surface area (Å²) in [5.41, 5.74) is 0.487. The maximum Gasteiger partial charge on any atom is 0.0110 e. The molecule has 0 radical (unpaired) electrons. The van der Waals surface area contributed by atoms with Gasteiger partial charge in [0.2, 0.25) is 0 Å². The van der Waals surface area contributed by atoms with Crippen molar-refractivity contribution >= 4 is 0 Å². The van der Waals surface area contributed by atoms with Gasteiger partial charge in [0.1, 0.15) is 0 Å². The zero-order valence-electron chi connectivity index (χ0n) is 11.1. The number of nitrogens with zero attached hydrogens (tertiary/aromatic N) is 2. The van der Waals surface area contributed by atoms with E-state index in [0.717, 1.165) is 0 Å². The molecule has 1 heterocycles. The summed E-state index contributed by atoms with van der Waals surface area (Å²) in [7, 11) is 0. The smallest absolute Gasteiger partial charge is 0.0110 e. The van der Waals surface area contributed by atoms with E-state index in [1.807, 2.05) is 0 Å². The Hall–Kier alpha value is -0.0800. The van der Waals surface area contributed by atoms with E-state index in [1.165, 1.54) is 52.1 Å². The van der Waals surface area contributed by atoms with Crippen LogP contribution in [0.4, 0.5) is 0 Å². The quantitative estimate of drug-likeness (QED) is 0.706. The van der Waals surface area contributed by atoms with Gasteiger partial charge in [0.25, 0.3) is 0 Å². The molecule has 0 bridgehead atoms. The summed E-state index contributed by atoms with van der Waals surface area (Å²) in [6, 6.07) is 0. The average molecular weight is 212 g/mol. The number of hydrogen-bond donors (Lipinski definition) is 0. The zero-order valence-corrected chi connectivity index (χ0v) is 11.1. The highest BCUT2D eigenvalue weighted by Crippen LogP contribution is 2.19. The molecule has 0 N–H and O–H groups in total. The van der Waals surface area contributed by atoms with Crippen LogP contribution in [-0.2, 0) is 0 Å². The summed E-state index contributed by atoms with van der Waals surface area (Å²) in [6.07, 6.45) is 2.61. The van der Waals surface area contributed by atoms with E-state index in [0.29, 0.717) is 5.41 Å². The standard InChI is InChI=1S/C13H28N2/c1-5-7-14-9-11-15(12-10-14)8-6-13(2,3)4/h5-12H2,1-4H3. The molecule has 1 aliphatic rings. The van der Waals surface area contributed by atoms with Gasteiger partial charge in [0.05, 0.1) is 0 Å². The number of rotatable bonds is 4. The van der Waals surface area contributed by atoms with Crippen LogP contribution in [0.25, 0.3) is 0 Å². The Morgan fingerprint density at radius 1 is 0.867 bits per heavy atom. The molecule has 0 saturated carbocycles. The molecule has 0 aliphatic carbocycles. The van der Waals surface area contributed by atoms with Crippen LogP contribution in [-0.4, -0.2) is 49.1 Å². The van der Waals surface area contributed by atoms with Crippen LogP contribution < -0.4 is 0 Å². The van der Waals surface area contributed by atoms with Crippen molar-refractivity contribution in [3.8, 4) is 0 Å². The summed E-state index contributed by atoms with van der Waals surface area (Å²) < 4.78 is 0. The normalized spacial score (nSPS) is 20.8. The lowest BCUT2D eigenvalue weighted by atomic mass is 9.92. The van der Waals surface area contributed by atoms with Gasteiger partial charge in [-0.15, -0.1) is 0 Å². The molecule has 0 atom stereocenters. The Morgan fingerprint density at radius 2 is 1.33 bits per heavy atom. The predicted octanol–water partition coefficient (Wildman–Crippen LogP) is 2.45. The summed E-state index contributed by atoms with van der Waals surface area (Å²) in [4.78, 5) is 5.21. The summed E-state index contributed by atoms with van der Waals surface area (Å²) in [5, 5.41) is 0. The highest BCUT2D eigenvalue weighted by atomic mass is 15.3. The van der Waals surface area contributed by atoms with Crippen LogP contribution >= 0.6 is 0 Å². The van der Waals surface area contributed by atoms with E-state index in [2.05, 4.69) is 37.5 Å². The summed E-state index contributed by atoms with van der Waals surface area (Å²) in [5.74, 6) is 0. The molecule has 2 heteroatoms. The molecule has 0 aromatic heterocycles. The van der Waals surface area contributed by atoms with Gasteiger partial charge in [-0.25, -0.2) is 0 Å². The van der Waals surface area contributed by atoms with E-state index in [-0.39, 0.29) is 0 Å². The highest BCUT2D eigenvalue weighted by molar-refractivity contribution is 4.73.